The van der Waals surface area contributed by atoms with E-state index in [4.69, 9.17) is 14.7 Å². The standard InChI is InChI=1S/C36H40N6O4/c1-35(2,3)46-33(43)41-36(17-5-4-6-18-36)32-38-26-15-12-23(21-28(26)39-32)10-9-22-11-14-25-24(20-22)13-16-27-30(25)40-31(37-27)29-8-7-19-42(29)34(44)45/h11-12,14-15,20-21,29H,4-8,13,16-19H2,1-3H3,(H,37,40)(H,38,39)(H,41,43)(H,44,45). The van der Waals surface area contributed by atoms with Gasteiger partial charge in [0.15, 0.2) is 0 Å². The number of rotatable bonds is 3. The van der Waals surface area contributed by atoms with E-state index in [2.05, 4.69) is 39.3 Å². The quantitative estimate of drug-likeness (QED) is 0.183. The van der Waals surface area contributed by atoms with Crippen LogP contribution in [0, 0.1) is 11.8 Å². The Kier molecular flexibility index (Phi) is 7.50. The monoisotopic (exact) mass is 620 g/mol. The van der Waals surface area contributed by atoms with Crippen molar-refractivity contribution in [2.45, 2.75) is 95.7 Å². The normalized spacial score (nSPS) is 18.8. The van der Waals surface area contributed by atoms with E-state index in [-0.39, 0.29) is 6.04 Å². The summed E-state index contributed by atoms with van der Waals surface area (Å²) in [4.78, 5) is 42.7. The van der Waals surface area contributed by atoms with Gasteiger partial charge in [0.1, 0.15) is 22.8 Å². The van der Waals surface area contributed by atoms with Gasteiger partial charge in [0, 0.05) is 28.9 Å². The van der Waals surface area contributed by atoms with Gasteiger partial charge in [-0.05, 0) is 95.2 Å². The molecule has 2 aromatic carbocycles. The van der Waals surface area contributed by atoms with Gasteiger partial charge in [0.2, 0.25) is 0 Å². The van der Waals surface area contributed by atoms with E-state index < -0.39 is 23.3 Å². The molecule has 4 aromatic rings. The molecule has 2 amide bonds. The van der Waals surface area contributed by atoms with Crippen molar-refractivity contribution >= 4 is 23.2 Å². The molecule has 1 unspecified atom stereocenters. The van der Waals surface area contributed by atoms with Crippen molar-refractivity contribution in [1.82, 2.24) is 30.2 Å². The number of aryl methyl sites for hydroxylation is 2. The lowest BCUT2D eigenvalue weighted by molar-refractivity contribution is 0.0412. The average molecular weight is 621 g/mol. The van der Waals surface area contributed by atoms with Crippen molar-refractivity contribution in [2.24, 2.45) is 0 Å². The molecule has 0 spiro atoms. The maximum absolute atomic E-state index is 12.8. The third kappa shape index (κ3) is 5.82. The molecule has 0 radical (unpaired) electrons. The number of fused-ring (bicyclic) bond motifs is 4. The summed E-state index contributed by atoms with van der Waals surface area (Å²) in [5.41, 5.74) is 6.63. The maximum atomic E-state index is 12.8. The number of alkyl carbamates (subject to hydrolysis) is 1. The summed E-state index contributed by atoms with van der Waals surface area (Å²) >= 11 is 0. The van der Waals surface area contributed by atoms with E-state index in [0.717, 1.165) is 109 Å². The lowest BCUT2D eigenvalue weighted by Crippen LogP contribution is -2.49. The molecule has 1 saturated heterocycles. The Morgan fingerprint density at radius 2 is 1.76 bits per heavy atom. The van der Waals surface area contributed by atoms with Crippen molar-refractivity contribution in [3.8, 4) is 23.1 Å². The van der Waals surface area contributed by atoms with Gasteiger partial charge in [-0.2, -0.15) is 0 Å². The van der Waals surface area contributed by atoms with Crippen LogP contribution in [-0.2, 0) is 23.1 Å². The highest BCUT2D eigenvalue weighted by Crippen LogP contribution is 2.38. The minimum absolute atomic E-state index is 0.214. The van der Waals surface area contributed by atoms with Gasteiger partial charge in [0.05, 0.1) is 22.8 Å². The number of ether oxygens (including phenoxy) is 1. The first kappa shape index (κ1) is 29.9. The molecule has 10 heteroatoms. The minimum Gasteiger partial charge on any atom is -0.465 e. The highest BCUT2D eigenvalue weighted by atomic mass is 16.6. The molecule has 3 heterocycles. The van der Waals surface area contributed by atoms with Gasteiger partial charge < -0.3 is 25.1 Å². The van der Waals surface area contributed by atoms with Crippen LogP contribution >= 0.6 is 0 Å². The molecule has 2 aliphatic carbocycles. The van der Waals surface area contributed by atoms with Crippen LogP contribution in [0.15, 0.2) is 36.4 Å². The van der Waals surface area contributed by atoms with Crippen LogP contribution in [0.5, 0.6) is 0 Å². The molecule has 2 fully saturated rings. The number of carbonyl (C=O) groups is 2. The van der Waals surface area contributed by atoms with Gasteiger partial charge in [-0.3, -0.25) is 4.90 Å². The lowest BCUT2D eigenvalue weighted by Gasteiger charge is -2.36. The molecule has 4 N–H and O–H groups in total. The lowest BCUT2D eigenvalue weighted by atomic mass is 9.81. The van der Waals surface area contributed by atoms with Gasteiger partial charge in [-0.15, -0.1) is 0 Å². The number of benzene rings is 2. The Labute approximate surface area is 268 Å². The van der Waals surface area contributed by atoms with Crippen LogP contribution in [0.4, 0.5) is 9.59 Å². The molecule has 0 bridgehead atoms. The van der Waals surface area contributed by atoms with Crippen molar-refractivity contribution in [3.63, 3.8) is 0 Å². The Morgan fingerprint density at radius 1 is 1.00 bits per heavy atom. The van der Waals surface area contributed by atoms with E-state index in [1.165, 1.54) is 10.5 Å². The van der Waals surface area contributed by atoms with Crippen LogP contribution in [-0.4, -0.2) is 54.3 Å². The number of nitrogens with one attached hydrogen (secondary N) is 3. The SMILES string of the molecule is CC(C)(C)OC(=O)NC1(c2nc3ccc(C#Cc4ccc5c(c4)CCc4[nH]c(C6CCCN6C(=O)O)nc4-5)cc3[nH]2)CCCCC1. The number of aromatic amines is 2. The third-order valence-corrected chi connectivity index (χ3v) is 9.35. The molecule has 1 aliphatic heterocycles. The number of imidazole rings is 2. The fourth-order valence-electron chi connectivity index (χ4n) is 7.17. The highest BCUT2D eigenvalue weighted by Gasteiger charge is 2.39. The summed E-state index contributed by atoms with van der Waals surface area (Å²) in [6.07, 6.45) is 6.79. The van der Waals surface area contributed by atoms with Gasteiger partial charge in [-0.25, -0.2) is 19.6 Å². The zero-order valence-corrected chi connectivity index (χ0v) is 26.6. The molecule has 10 nitrogen and oxygen atoms in total. The first-order valence-corrected chi connectivity index (χ1v) is 16.3. The molecular formula is C36H40N6O4. The van der Waals surface area contributed by atoms with Gasteiger partial charge in [0.25, 0.3) is 0 Å². The van der Waals surface area contributed by atoms with Crippen molar-refractivity contribution in [1.29, 1.82) is 0 Å². The first-order chi connectivity index (χ1) is 22.1. The number of carbonyl (C=O) groups excluding carboxylic acids is 1. The Balaban J connectivity index is 1.11. The average Bonchev–Trinajstić information content (AvgIpc) is 3.77. The van der Waals surface area contributed by atoms with Crippen molar-refractivity contribution < 1.29 is 19.4 Å². The largest absolute Gasteiger partial charge is 0.465 e. The predicted octanol–water partition coefficient (Wildman–Crippen LogP) is 6.95. The predicted molar refractivity (Wildman–Crippen MR) is 174 cm³/mol. The number of H-pyrrole nitrogens is 2. The molecule has 1 atom stereocenters. The van der Waals surface area contributed by atoms with E-state index in [0.29, 0.717) is 6.54 Å². The third-order valence-electron chi connectivity index (χ3n) is 9.35. The molecule has 1 saturated carbocycles. The fraction of sp³-hybridized carbons (Fsp3) is 0.444. The van der Waals surface area contributed by atoms with Crippen molar-refractivity contribution in [3.05, 3.63) is 70.4 Å². The molecule has 3 aliphatic rings. The molecule has 238 valence electrons. The van der Waals surface area contributed by atoms with Crippen LogP contribution in [0.2, 0.25) is 0 Å². The van der Waals surface area contributed by atoms with E-state index in [1.54, 1.807) is 0 Å². The number of hydrogen-bond acceptors (Lipinski definition) is 5. The maximum Gasteiger partial charge on any atom is 0.408 e. The number of aromatic nitrogens is 4. The summed E-state index contributed by atoms with van der Waals surface area (Å²) in [5.74, 6) is 8.16. The van der Waals surface area contributed by atoms with Gasteiger partial charge >= 0.3 is 12.2 Å². The number of likely N-dealkylation sites (tertiary alicyclic amines) is 1. The van der Waals surface area contributed by atoms with Crippen LogP contribution in [0.1, 0.15) is 106 Å². The Morgan fingerprint density at radius 3 is 2.52 bits per heavy atom. The summed E-state index contributed by atoms with van der Waals surface area (Å²) < 4.78 is 5.60. The zero-order chi connectivity index (χ0) is 32.1. The number of nitrogens with zero attached hydrogens (tertiary/aromatic N) is 3. The Hall–Kier alpha value is -4.78. The molecule has 46 heavy (non-hydrogen) atoms. The number of hydrogen-bond donors (Lipinski definition) is 4. The van der Waals surface area contributed by atoms with Crippen molar-refractivity contribution in [2.75, 3.05) is 6.54 Å². The van der Waals surface area contributed by atoms with E-state index >= 15 is 0 Å². The van der Waals surface area contributed by atoms with Gasteiger partial charge in [-0.1, -0.05) is 37.2 Å². The minimum atomic E-state index is -0.893. The summed E-state index contributed by atoms with van der Waals surface area (Å²) in [6.45, 7) is 6.15. The second-order valence-electron chi connectivity index (χ2n) is 13.8. The summed E-state index contributed by atoms with van der Waals surface area (Å²) in [7, 11) is 0. The van der Waals surface area contributed by atoms with Crippen LogP contribution in [0.25, 0.3) is 22.3 Å². The molecule has 2 aromatic heterocycles. The highest BCUT2D eigenvalue weighted by molar-refractivity contribution is 5.78. The summed E-state index contributed by atoms with van der Waals surface area (Å²) in [6, 6.07) is 12.0. The van der Waals surface area contributed by atoms with Crippen LogP contribution < -0.4 is 5.32 Å². The second-order valence-corrected chi connectivity index (χ2v) is 13.8. The molecule has 7 rings (SSSR count). The number of carboxylic acid groups (broad SMARTS) is 1. The molecular weight excluding hydrogens is 580 g/mol. The van der Waals surface area contributed by atoms with E-state index in [9.17, 15) is 14.7 Å². The van der Waals surface area contributed by atoms with E-state index in [1.807, 2.05) is 45.0 Å². The second kappa shape index (κ2) is 11.5. The smallest absolute Gasteiger partial charge is 0.408 e. The van der Waals surface area contributed by atoms with Crippen LogP contribution in [0.3, 0.4) is 0 Å². The fourth-order valence-corrected chi connectivity index (χ4v) is 7.17. The number of amides is 2. The topological polar surface area (TPSA) is 136 Å². The summed E-state index contributed by atoms with van der Waals surface area (Å²) in [5, 5.41) is 12.8. The zero-order valence-electron chi connectivity index (χ0n) is 26.6. The first-order valence-electron chi connectivity index (χ1n) is 16.3. The Bertz CT molecular complexity index is 1880.